The summed E-state index contributed by atoms with van der Waals surface area (Å²) in [4.78, 5) is 13.5. The van der Waals surface area contributed by atoms with Gasteiger partial charge < -0.3 is 0 Å². The van der Waals surface area contributed by atoms with Gasteiger partial charge in [0.25, 0.3) is 0 Å². The zero-order valence-electron chi connectivity index (χ0n) is 9.28. The van der Waals surface area contributed by atoms with E-state index in [-0.39, 0.29) is 5.12 Å². The van der Waals surface area contributed by atoms with Crippen LogP contribution in [0.3, 0.4) is 0 Å². The maximum Gasteiger partial charge on any atom is 0.225 e. The number of rotatable bonds is 0. The van der Waals surface area contributed by atoms with Gasteiger partial charge >= 0.3 is 0 Å². The Morgan fingerprint density at radius 2 is 1.94 bits per heavy atom. The van der Waals surface area contributed by atoms with E-state index in [0.717, 1.165) is 24.1 Å². The number of carbonyl (C=O) groups excluding carboxylic acids is 1. The van der Waals surface area contributed by atoms with Crippen LogP contribution in [0.15, 0.2) is 34.9 Å². The Bertz CT molecular complexity index is 512. The molecule has 2 nitrogen and oxygen atoms in total. The first-order valence-electron chi connectivity index (χ1n) is 5.76. The summed E-state index contributed by atoms with van der Waals surface area (Å²) >= 11 is 3.76. The molecule has 0 N–H and O–H groups in total. The van der Waals surface area contributed by atoms with Crippen molar-refractivity contribution in [2.24, 2.45) is 0 Å². The molecule has 0 fully saturated rings. The maximum atomic E-state index is 12.2. The van der Waals surface area contributed by atoms with Crippen molar-refractivity contribution in [1.82, 2.24) is 0 Å². The number of nitrogens with zero attached hydrogens (tertiary/aromatic N) is 1. The molecule has 0 unspecified atom stereocenters. The van der Waals surface area contributed by atoms with Crippen molar-refractivity contribution in [3.8, 4) is 0 Å². The highest BCUT2D eigenvalue weighted by atomic mass is 127. The molecule has 1 aliphatic heterocycles. The third kappa shape index (κ3) is 2.01. The topological polar surface area (TPSA) is 20.3 Å². The molecule has 88 valence electrons. The molecule has 1 aromatic rings. The Labute approximate surface area is 119 Å². The fraction of sp³-hybridized carbons (Fsp3) is 0.308. The molecule has 0 spiro atoms. The summed E-state index contributed by atoms with van der Waals surface area (Å²) in [6.07, 6.45) is 4.58. The predicted molar refractivity (Wildman–Crippen MR) is 80.4 cm³/mol. The van der Waals surface area contributed by atoms with Gasteiger partial charge in [-0.25, -0.2) is 0 Å². The average Bonchev–Trinajstić information content (AvgIpc) is 2.48. The Kier molecular flexibility index (Phi) is 3.17. The fourth-order valence-corrected chi connectivity index (χ4v) is 4.49. The van der Waals surface area contributed by atoms with E-state index in [4.69, 9.17) is 0 Å². The lowest BCUT2D eigenvalue weighted by Gasteiger charge is -2.24. The minimum absolute atomic E-state index is 0.189. The molecule has 0 radical (unpaired) electrons. The SMILES string of the molecule is O=C1SC2=C(CCCC2)N(I)c2ccccc21. The molecule has 3 rings (SSSR count). The van der Waals surface area contributed by atoms with Crippen LogP contribution in [0.4, 0.5) is 5.69 Å². The molecule has 0 bridgehead atoms. The average molecular weight is 357 g/mol. The molecular formula is C13H12INOS. The van der Waals surface area contributed by atoms with Gasteiger partial charge in [0.05, 0.1) is 34.1 Å². The number of fused-ring (bicyclic) bond motifs is 1. The Morgan fingerprint density at radius 3 is 2.82 bits per heavy atom. The van der Waals surface area contributed by atoms with Crippen LogP contribution in [0.5, 0.6) is 0 Å². The summed E-state index contributed by atoms with van der Waals surface area (Å²) in [7, 11) is 0. The molecule has 0 saturated heterocycles. The molecule has 2 aliphatic rings. The molecule has 0 saturated carbocycles. The Hall–Kier alpha value is -0.490. The number of anilines is 1. The molecule has 0 atom stereocenters. The van der Waals surface area contributed by atoms with Crippen molar-refractivity contribution in [3.05, 3.63) is 40.4 Å². The van der Waals surface area contributed by atoms with Crippen molar-refractivity contribution in [3.63, 3.8) is 0 Å². The first-order valence-corrected chi connectivity index (χ1v) is 7.54. The van der Waals surface area contributed by atoms with E-state index >= 15 is 0 Å². The second-order valence-corrected chi connectivity index (χ2v) is 6.30. The van der Waals surface area contributed by atoms with Crippen molar-refractivity contribution in [2.75, 3.05) is 3.11 Å². The first kappa shape index (κ1) is 11.6. The zero-order chi connectivity index (χ0) is 11.8. The van der Waals surface area contributed by atoms with Gasteiger partial charge in [-0.3, -0.25) is 7.91 Å². The fourth-order valence-electron chi connectivity index (χ4n) is 2.31. The van der Waals surface area contributed by atoms with Crippen LogP contribution in [0.1, 0.15) is 36.0 Å². The lowest BCUT2D eigenvalue weighted by atomic mass is 10.0. The maximum absolute atomic E-state index is 12.2. The second-order valence-electron chi connectivity index (χ2n) is 4.26. The van der Waals surface area contributed by atoms with E-state index in [1.54, 1.807) is 0 Å². The van der Waals surface area contributed by atoms with E-state index < -0.39 is 0 Å². The standard InChI is InChI=1S/C13H12INOS/c14-15-10-6-2-1-5-9(10)13(16)17-12-8-4-3-7-11(12)15/h1-2,5-6H,3-4,7-8H2. The van der Waals surface area contributed by atoms with E-state index in [9.17, 15) is 4.79 Å². The lowest BCUT2D eigenvalue weighted by Crippen LogP contribution is -2.13. The van der Waals surface area contributed by atoms with Crippen LogP contribution in [0, 0.1) is 0 Å². The van der Waals surface area contributed by atoms with Gasteiger partial charge in [0, 0.05) is 10.6 Å². The van der Waals surface area contributed by atoms with Crippen LogP contribution in [-0.2, 0) is 0 Å². The van der Waals surface area contributed by atoms with E-state index in [1.807, 2.05) is 24.3 Å². The minimum Gasteiger partial charge on any atom is -0.285 e. The van der Waals surface area contributed by atoms with Gasteiger partial charge in [-0.15, -0.1) is 0 Å². The normalized spacial score (nSPS) is 19.8. The highest BCUT2D eigenvalue weighted by Gasteiger charge is 2.28. The van der Waals surface area contributed by atoms with Crippen molar-refractivity contribution < 1.29 is 4.79 Å². The number of allylic oxidation sites excluding steroid dienone is 2. The van der Waals surface area contributed by atoms with Gasteiger partial charge in [0.15, 0.2) is 0 Å². The third-order valence-corrected chi connectivity index (χ3v) is 5.37. The molecule has 0 aromatic heterocycles. The summed E-state index contributed by atoms with van der Waals surface area (Å²) in [5.74, 6) is 0. The minimum atomic E-state index is 0.189. The number of hydrogen-bond acceptors (Lipinski definition) is 3. The van der Waals surface area contributed by atoms with Crippen LogP contribution >= 0.6 is 34.6 Å². The van der Waals surface area contributed by atoms with Crippen LogP contribution in [0.25, 0.3) is 0 Å². The largest absolute Gasteiger partial charge is 0.285 e. The number of carbonyl (C=O) groups is 1. The van der Waals surface area contributed by atoms with Gasteiger partial charge in [-0.1, -0.05) is 12.1 Å². The number of benzene rings is 1. The third-order valence-electron chi connectivity index (χ3n) is 3.18. The number of hydrogen-bond donors (Lipinski definition) is 0. The Balaban J connectivity index is 2.14. The van der Waals surface area contributed by atoms with Crippen molar-refractivity contribution in [2.45, 2.75) is 25.7 Å². The van der Waals surface area contributed by atoms with Crippen LogP contribution in [-0.4, -0.2) is 5.12 Å². The quantitative estimate of drug-likeness (QED) is 0.503. The highest BCUT2D eigenvalue weighted by molar-refractivity contribution is 14.1. The molecule has 17 heavy (non-hydrogen) atoms. The highest BCUT2D eigenvalue weighted by Crippen LogP contribution is 2.44. The first-order chi connectivity index (χ1) is 8.27. The number of thioether (sulfide) groups is 1. The lowest BCUT2D eigenvalue weighted by molar-refractivity contribution is 0.109. The molecule has 1 heterocycles. The molecule has 0 amide bonds. The molecule has 1 aliphatic carbocycles. The summed E-state index contributed by atoms with van der Waals surface area (Å²) in [6.45, 7) is 0. The van der Waals surface area contributed by atoms with Crippen LogP contribution in [0.2, 0.25) is 0 Å². The van der Waals surface area contributed by atoms with E-state index in [2.05, 4.69) is 26.0 Å². The molecule has 4 heteroatoms. The van der Waals surface area contributed by atoms with Gasteiger partial charge in [-0.2, -0.15) is 0 Å². The smallest absolute Gasteiger partial charge is 0.225 e. The monoisotopic (exact) mass is 357 g/mol. The van der Waals surface area contributed by atoms with Gasteiger partial charge in [-0.05, 0) is 49.6 Å². The number of halogens is 1. The number of para-hydroxylation sites is 1. The van der Waals surface area contributed by atoms with Crippen molar-refractivity contribution in [1.29, 1.82) is 0 Å². The summed E-state index contributed by atoms with van der Waals surface area (Å²) in [6, 6.07) is 7.89. The molecular weight excluding hydrogens is 345 g/mol. The van der Waals surface area contributed by atoms with Gasteiger partial charge in [0.1, 0.15) is 0 Å². The van der Waals surface area contributed by atoms with Crippen LogP contribution < -0.4 is 3.11 Å². The van der Waals surface area contributed by atoms with Gasteiger partial charge in [0.2, 0.25) is 5.12 Å². The van der Waals surface area contributed by atoms with E-state index in [0.29, 0.717) is 0 Å². The van der Waals surface area contributed by atoms with E-state index in [1.165, 1.54) is 35.2 Å². The second kappa shape index (κ2) is 4.65. The molecule has 1 aromatic carbocycles. The van der Waals surface area contributed by atoms with Crippen molar-refractivity contribution >= 4 is 45.4 Å². The summed E-state index contributed by atoms with van der Waals surface area (Å²) in [5, 5.41) is 0.189. The predicted octanol–water partition coefficient (Wildman–Crippen LogP) is 4.52. The summed E-state index contributed by atoms with van der Waals surface area (Å²) in [5.41, 5.74) is 3.21. The summed E-state index contributed by atoms with van der Waals surface area (Å²) < 4.78 is 2.18. The Morgan fingerprint density at radius 1 is 1.18 bits per heavy atom. The zero-order valence-corrected chi connectivity index (χ0v) is 12.3.